The lowest BCUT2D eigenvalue weighted by molar-refractivity contribution is 0.0953. The Bertz CT molecular complexity index is 464. The van der Waals surface area contributed by atoms with Crippen LogP contribution in [0.4, 0.5) is 0 Å². The van der Waals surface area contributed by atoms with Crippen molar-refractivity contribution in [3.63, 3.8) is 0 Å². The Morgan fingerprint density at radius 1 is 1.43 bits per heavy atom. The number of nitrogens with zero attached hydrogens (tertiary/aromatic N) is 1. The molecule has 0 aliphatic carbocycles. The first-order chi connectivity index (χ1) is 10.1. The van der Waals surface area contributed by atoms with Gasteiger partial charge in [-0.2, -0.15) is 0 Å². The predicted molar refractivity (Wildman–Crippen MR) is 87.7 cm³/mol. The van der Waals surface area contributed by atoms with Crippen molar-refractivity contribution in [2.45, 2.75) is 39.3 Å². The molecule has 0 radical (unpaired) electrons. The number of nitrogens with one attached hydrogen (secondary N) is 1. The Labute approximate surface area is 134 Å². The third-order valence-corrected chi connectivity index (χ3v) is 4.40. The average molecular weight is 358 g/mol. The largest absolute Gasteiger partial charge is 0.395 e. The van der Waals surface area contributed by atoms with Crippen LogP contribution < -0.4 is 11.3 Å². The molecular weight excluding hydrogens is 334 g/mol. The van der Waals surface area contributed by atoms with Crippen molar-refractivity contribution in [2.24, 2.45) is 5.84 Å². The number of carbonyl (C=O) groups is 1. The van der Waals surface area contributed by atoms with Gasteiger partial charge in [-0.25, -0.2) is 5.84 Å². The van der Waals surface area contributed by atoms with Crippen LogP contribution in [-0.4, -0.2) is 35.1 Å². The normalized spacial score (nSPS) is 11.2. The van der Waals surface area contributed by atoms with Crippen LogP contribution in [0.1, 0.15) is 42.6 Å². The van der Waals surface area contributed by atoms with Crippen LogP contribution in [-0.2, 0) is 6.54 Å². The van der Waals surface area contributed by atoms with Gasteiger partial charge in [-0.15, -0.1) is 0 Å². The maximum atomic E-state index is 11.5. The number of nitrogen functional groups attached to an aromatic ring is 1. The van der Waals surface area contributed by atoms with Gasteiger partial charge < -0.3 is 5.11 Å². The molecule has 118 valence electrons. The molecule has 0 bridgehead atoms. The fraction of sp³-hybridized carbons (Fsp3) is 0.533. The molecule has 0 aliphatic heterocycles. The standard InChI is InChI=1S/C15H24BrN3O2/c1-3-13(4-2)19(7-8-20)10-12-6-5-11(9-14(12)16)15(21)18-17/h5-6,9,13,20H,3-4,7-8,10,17H2,1-2H3,(H,18,21). The molecule has 1 amide bonds. The van der Waals surface area contributed by atoms with E-state index in [2.05, 4.69) is 40.1 Å². The van der Waals surface area contributed by atoms with E-state index in [4.69, 9.17) is 5.84 Å². The van der Waals surface area contributed by atoms with E-state index >= 15 is 0 Å². The Balaban J connectivity index is 2.91. The zero-order valence-corrected chi connectivity index (χ0v) is 14.2. The number of halogens is 1. The number of hydrazine groups is 1. The Kier molecular flexibility index (Phi) is 7.88. The maximum Gasteiger partial charge on any atom is 0.265 e. The van der Waals surface area contributed by atoms with Gasteiger partial charge in [0.15, 0.2) is 0 Å². The molecule has 1 aromatic rings. The second kappa shape index (κ2) is 9.15. The number of hydrogen-bond donors (Lipinski definition) is 3. The molecule has 6 heteroatoms. The summed E-state index contributed by atoms with van der Waals surface area (Å²) in [5.74, 6) is 4.83. The van der Waals surface area contributed by atoms with E-state index in [0.717, 1.165) is 29.4 Å². The minimum Gasteiger partial charge on any atom is -0.395 e. The number of benzene rings is 1. The maximum absolute atomic E-state index is 11.5. The second-order valence-electron chi connectivity index (χ2n) is 4.94. The van der Waals surface area contributed by atoms with Crippen LogP contribution >= 0.6 is 15.9 Å². The van der Waals surface area contributed by atoms with E-state index in [1.54, 1.807) is 12.1 Å². The monoisotopic (exact) mass is 357 g/mol. The van der Waals surface area contributed by atoms with Crippen molar-refractivity contribution >= 4 is 21.8 Å². The number of rotatable bonds is 8. The third kappa shape index (κ3) is 5.07. The zero-order chi connectivity index (χ0) is 15.8. The Morgan fingerprint density at radius 3 is 2.57 bits per heavy atom. The van der Waals surface area contributed by atoms with E-state index in [1.807, 2.05) is 6.07 Å². The van der Waals surface area contributed by atoms with Crippen molar-refractivity contribution in [3.8, 4) is 0 Å². The summed E-state index contributed by atoms with van der Waals surface area (Å²) >= 11 is 3.51. The molecular formula is C15H24BrN3O2. The molecule has 0 aliphatic rings. The summed E-state index contributed by atoms with van der Waals surface area (Å²) in [6.07, 6.45) is 2.09. The lowest BCUT2D eigenvalue weighted by Gasteiger charge is -2.30. The number of nitrogens with two attached hydrogens (primary N) is 1. The van der Waals surface area contributed by atoms with E-state index in [1.165, 1.54) is 0 Å². The molecule has 0 spiro atoms. The number of aliphatic hydroxyl groups is 1. The predicted octanol–water partition coefficient (Wildman–Crippen LogP) is 2.04. The molecule has 0 unspecified atom stereocenters. The molecule has 4 N–H and O–H groups in total. The second-order valence-corrected chi connectivity index (χ2v) is 5.80. The van der Waals surface area contributed by atoms with E-state index < -0.39 is 0 Å². The molecule has 0 saturated carbocycles. The Morgan fingerprint density at radius 2 is 2.10 bits per heavy atom. The molecule has 0 aromatic heterocycles. The topological polar surface area (TPSA) is 78.6 Å². The minimum atomic E-state index is -0.311. The first-order valence-corrected chi connectivity index (χ1v) is 8.00. The summed E-state index contributed by atoms with van der Waals surface area (Å²) in [6.45, 7) is 5.83. The zero-order valence-electron chi connectivity index (χ0n) is 12.6. The number of aliphatic hydroxyl groups excluding tert-OH is 1. The van der Waals surface area contributed by atoms with Gasteiger partial charge in [-0.3, -0.25) is 15.1 Å². The summed E-state index contributed by atoms with van der Waals surface area (Å²) in [5, 5.41) is 9.25. The van der Waals surface area contributed by atoms with Crippen LogP contribution in [0.15, 0.2) is 22.7 Å². The molecule has 0 saturated heterocycles. The summed E-state index contributed by atoms with van der Waals surface area (Å²) in [5.41, 5.74) is 3.73. The fourth-order valence-corrected chi connectivity index (χ4v) is 2.95. The SMILES string of the molecule is CCC(CC)N(CCO)Cc1ccc(C(=O)NN)cc1Br. The van der Waals surface area contributed by atoms with Crippen molar-refractivity contribution in [2.75, 3.05) is 13.2 Å². The molecule has 5 nitrogen and oxygen atoms in total. The van der Waals surface area contributed by atoms with Crippen LogP contribution in [0.3, 0.4) is 0 Å². The van der Waals surface area contributed by atoms with Gasteiger partial charge in [0.05, 0.1) is 6.61 Å². The number of carbonyl (C=O) groups excluding carboxylic acids is 1. The van der Waals surface area contributed by atoms with Gasteiger partial charge in [0, 0.05) is 29.2 Å². The van der Waals surface area contributed by atoms with E-state index in [-0.39, 0.29) is 12.5 Å². The van der Waals surface area contributed by atoms with Crippen LogP contribution in [0, 0.1) is 0 Å². The fourth-order valence-electron chi connectivity index (χ4n) is 2.44. The van der Waals surface area contributed by atoms with Gasteiger partial charge in [0.2, 0.25) is 0 Å². The first kappa shape index (κ1) is 18.1. The minimum absolute atomic E-state index is 0.141. The summed E-state index contributed by atoms with van der Waals surface area (Å²) in [6, 6.07) is 5.88. The summed E-state index contributed by atoms with van der Waals surface area (Å²) in [7, 11) is 0. The molecule has 1 rings (SSSR count). The highest BCUT2D eigenvalue weighted by Crippen LogP contribution is 2.22. The van der Waals surface area contributed by atoms with Gasteiger partial charge >= 0.3 is 0 Å². The van der Waals surface area contributed by atoms with E-state index in [0.29, 0.717) is 18.2 Å². The van der Waals surface area contributed by atoms with Crippen LogP contribution in [0.25, 0.3) is 0 Å². The molecule has 0 atom stereocenters. The van der Waals surface area contributed by atoms with Crippen LogP contribution in [0.2, 0.25) is 0 Å². The number of hydrogen-bond acceptors (Lipinski definition) is 4. The molecule has 0 fully saturated rings. The van der Waals surface area contributed by atoms with Gasteiger partial charge in [-0.05, 0) is 30.5 Å². The highest BCUT2D eigenvalue weighted by atomic mass is 79.9. The average Bonchev–Trinajstić information content (AvgIpc) is 2.49. The van der Waals surface area contributed by atoms with Gasteiger partial charge in [0.25, 0.3) is 5.91 Å². The van der Waals surface area contributed by atoms with Gasteiger partial charge in [-0.1, -0.05) is 35.8 Å². The van der Waals surface area contributed by atoms with Crippen LogP contribution in [0.5, 0.6) is 0 Å². The van der Waals surface area contributed by atoms with E-state index in [9.17, 15) is 9.90 Å². The number of amides is 1. The molecule has 1 aromatic carbocycles. The quantitative estimate of drug-likeness (QED) is 0.378. The first-order valence-electron chi connectivity index (χ1n) is 7.21. The lowest BCUT2D eigenvalue weighted by atomic mass is 10.1. The lowest BCUT2D eigenvalue weighted by Crippen LogP contribution is -2.36. The summed E-state index contributed by atoms with van der Waals surface area (Å²) < 4.78 is 0.873. The highest BCUT2D eigenvalue weighted by Gasteiger charge is 2.16. The smallest absolute Gasteiger partial charge is 0.265 e. The van der Waals surface area contributed by atoms with Crippen molar-refractivity contribution in [1.29, 1.82) is 0 Å². The Hall–Kier alpha value is -0.950. The van der Waals surface area contributed by atoms with Gasteiger partial charge in [0.1, 0.15) is 0 Å². The van der Waals surface area contributed by atoms with Crippen molar-refractivity contribution < 1.29 is 9.90 Å². The summed E-state index contributed by atoms with van der Waals surface area (Å²) in [4.78, 5) is 13.8. The van der Waals surface area contributed by atoms with Crippen molar-refractivity contribution in [1.82, 2.24) is 10.3 Å². The highest BCUT2D eigenvalue weighted by molar-refractivity contribution is 9.10. The van der Waals surface area contributed by atoms with Crippen molar-refractivity contribution in [3.05, 3.63) is 33.8 Å². The third-order valence-electron chi connectivity index (χ3n) is 3.67. The molecule has 21 heavy (non-hydrogen) atoms. The molecule has 0 heterocycles.